The summed E-state index contributed by atoms with van der Waals surface area (Å²) < 4.78 is 0. The van der Waals surface area contributed by atoms with Crippen LogP contribution in [0.25, 0.3) is 0 Å². The Morgan fingerprint density at radius 1 is 1.24 bits per heavy atom. The largest absolute Gasteiger partial charge is 0.341 e. The smallest absolute Gasteiger partial charge is 0.240 e. The minimum absolute atomic E-state index is 0.0220. The fourth-order valence-electron chi connectivity index (χ4n) is 3.12. The van der Waals surface area contributed by atoms with Crippen LogP contribution in [0.15, 0.2) is 0 Å². The van der Waals surface area contributed by atoms with E-state index in [2.05, 4.69) is 37.9 Å². The number of hydrogen-bond acceptors (Lipinski definition) is 2. The molecule has 3 unspecified atom stereocenters. The van der Waals surface area contributed by atoms with Gasteiger partial charge < -0.3 is 10.2 Å². The molecule has 98 valence electrons. The predicted molar refractivity (Wildman–Crippen MR) is 69.7 cm³/mol. The molecule has 2 saturated heterocycles. The Labute approximate surface area is 105 Å². The van der Waals surface area contributed by atoms with Gasteiger partial charge in [-0.05, 0) is 36.6 Å². The Kier molecular flexibility index (Phi) is 3.48. The number of carbonyl (C=O) groups is 1. The summed E-state index contributed by atoms with van der Waals surface area (Å²) in [5, 5.41) is 3.42. The lowest BCUT2D eigenvalue weighted by Crippen LogP contribution is -2.56. The maximum absolute atomic E-state index is 12.6. The molecule has 1 N–H and O–H groups in total. The van der Waals surface area contributed by atoms with E-state index in [0.717, 1.165) is 26.1 Å². The van der Waals surface area contributed by atoms with E-state index in [1.807, 2.05) is 0 Å². The van der Waals surface area contributed by atoms with Crippen molar-refractivity contribution < 1.29 is 4.79 Å². The molecule has 2 rings (SSSR count). The SMILES string of the molecule is CC1CN(C(=O)C2NCCCC2(C)C)CC1C. The van der Waals surface area contributed by atoms with E-state index in [1.165, 1.54) is 6.42 Å². The van der Waals surface area contributed by atoms with Crippen LogP contribution in [0.5, 0.6) is 0 Å². The van der Waals surface area contributed by atoms with Gasteiger partial charge in [-0.25, -0.2) is 0 Å². The van der Waals surface area contributed by atoms with Crippen LogP contribution >= 0.6 is 0 Å². The molecule has 0 aliphatic carbocycles. The summed E-state index contributed by atoms with van der Waals surface area (Å²) in [7, 11) is 0. The van der Waals surface area contributed by atoms with Gasteiger partial charge in [-0.2, -0.15) is 0 Å². The number of carbonyl (C=O) groups excluding carboxylic acids is 1. The highest BCUT2D eigenvalue weighted by Crippen LogP contribution is 2.32. The Hall–Kier alpha value is -0.570. The fourth-order valence-corrected chi connectivity index (χ4v) is 3.12. The average Bonchev–Trinajstić information content (AvgIpc) is 2.58. The highest BCUT2D eigenvalue weighted by molar-refractivity contribution is 5.83. The first kappa shape index (κ1) is 12.9. The first-order valence-electron chi connectivity index (χ1n) is 6.94. The lowest BCUT2D eigenvalue weighted by molar-refractivity contribution is -0.136. The highest BCUT2D eigenvalue weighted by Gasteiger charge is 2.41. The summed E-state index contributed by atoms with van der Waals surface area (Å²) in [6, 6.07) is 0.0220. The van der Waals surface area contributed by atoms with Gasteiger partial charge in [0, 0.05) is 13.1 Å². The second-order valence-corrected chi connectivity index (χ2v) is 6.68. The number of amides is 1. The molecule has 2 aliphatic rings. The summed E-state index contributed by atoms with van der Waals surface area (Å²) in [4.78, 5) is 14.6. The topological polar surface area (TPSA) is 32.3 Å². The Balaban J connectivity index is 2.04. The summed E-state index contributed by atoms with van der Waals surface area (Å²) in [5.74, 6) is 1.61. The second kappa shape index (κ2) is 4.60. The number of rotatable bonds is 1. The van der Waals surface area contributed by atoms with E-state index < -0.39 is 0 Å². The maximum Gasteiger partial charge on any atom is 0.240 e. The molecule has 0 spiro atoms. The molecule has 0 saturated carbocycles. The van der Waals surface area contributed by atoms with Crippen molar-refractivity contribution in [3.8, 4) is 0 Å². The van der Waals surface area contributed by atoms with Crippen LogP contribution in [0, 0.1) is 17.3 Å². The molecule has 0 aromatic carbocycles. The summed E-state index contributed by atoms with van der Waals surface area (Å²) in [6.45, 7) is 11.8. The molecule has 17 heavy (non-hydrogen) atoms. The van der Waals surface area contributed by atoms with Gasteiger partial charge in [0.15, 0.2) is 0 Å². The number of hydrogen-bond donors (Lipinski definition) is 1. The normalized spacial score (nSPS) is 37.2. The van der Waals surface area contributed by atoms with Crippen molar-refractivity contribution in [2.75, 3.05) is 19.6 Å². The molecule has 2 fully saturated rings. The zero-order valence-electron chi connectivity index (χ0n) is 11.6. The average molecular weight is 238 g/mol. The van der Waals surface area contributed by atoms with Crippen molar-refractivity contribution in [3.05, 3.63) is 0 Å². The summed E-state index contributed by atoms with van der Waals surface area (Å²) in [5.41, 5.74) is 0.102. The van der Waals surface area contributed by atoms with Gasteiger partial charge >= 0.3 is 0 Å². The fraction of sp³-hybridized carbons (Fsp3) is 0.929. The first-order valence-corrected chi connectivity index (χ1v) is 6.94. The van der Waals surface area contributed by atoms with Gasteiger partial charge in [0.05, 0.1) is 6.04 Å². The van der Waals surface area contributed by atoms with Crippen molar-refractivity contribution in [1.29, 1.82) is 0 Å². The highest BCUT2D eigenvalue weighted by atomic mass is 16.2. The molecule has 0 aromatic heterocycles. The molecule has 1 amide bonds. The molecule has 2 aliphatic heterocycles. The van der Waals surface area contributed by atoms with Crippen LogP contribution in [0.4, 0.5) is 0 Å². The second-order valence-electron chi connectivity index (χ2n) is 6.68. The van der Waals surface area contributed by atoms with Crippen LogP contribution in [-0.4, -0.2) is 36.5 Å². The standard InChI is InChI=1S/C14H26N2O/c1-10-8-16(9-11(10)2)13(17)12-14(3,4)6-5-7-15-12/h10-12,15H,5-9H2,1-4H3. The minimum Gasteiger partial charge on any atom is -0.341 e. The Morgan fingerprint density at radius 3 is 2.35 bits per heavy atom. The third-order valence-electron chi connectivity index (χ3n) is 4.67. The molecule has 0 aromatic rings. The number of nitrogens with one attached hydrogen (secondary N) is 1. The molecule has 3 heteroatoms. The van der Waals surface area contributed by atoms with Crippen molar-refractivity contribution in [2.24, 2.45) is 17.3 Å². The zero-order valence-corrected chi connectivity index (χ0v) is 11.6. The van der Waals surface area contributed by atoms with E-state index in [-0.39, 0.29) is 11.5 Å². The zero-order chi connectivity index (χ0) is 12.6. The van der Waals surface area contributed by atoms with Crippen LogP contribution < -0.4 is 5.32 Å². The maximum atomic E-state index is 12.6. The van der Waals surface area contributed by atoms with Crippen LogP contribution in [0.3, 0.4) is 0 Å². The van der Waals surface area contributed by atoms with Crippen molar-refractivity contribution in [3.63, 3.8) is 0 Å². The lowest BCUT2D eigenvalue weighted by Gasteiger charge is -2.40. The van der Waals surface area contributed by atoms with E-state index in [9.17, 15) is 4.79 Å². The minimum atomic E-state index is 0.0220. The van der Waals surface area contributed by atoms with Crippen molar-refractivity contribution >= 4 is 5.91 Å². The third-order valence-corrected chi connectivity index (χ3v) is 4.67. The van der Waals surface area contributed by atoms with E-state index in [4.69, 9.17) is 0 Å². The molecular formula is C14H26N2O. The third kappa shape index (κ3) is 2.49. The van der Waals surface area contributed by atoms with E-state index in [0.29, 0.717) is 17.7 Å². The first-order chi connectivity index (χ1) is 7.92. The number of likely N-dealkylation sites (tertiary alicyclic amines) is 1. The van der Waals surface area contributed by atoms with Gasteiger partial charge in [0.1, 0.15) is 0 Å². The van der Waals surface area contributed by atoms with E-state index >= 15 is 0 Å². The molecular weight excluding hydrogens is 212 g/mol. The van der Waals surface area contributed by atoms with Gasteiger partial charge in [-0.3, -0.25) is 4.79 Å². The molecule has 3 atom stereocenters. The number of piperidine rings is 1. The van der Waals surface area contributed by atoms with Crippen LogP contribution in [-0.2, 0) is 4.79 Å². The summed E-state index contributed by atoms with van der Waals surface area (Å²) >= 11 is 0. The molecule has 2 heterocycles. The van der Waals surface area contributed by atoms with Crippen LogP contribution in [0.1, 0.15) is 40.5 Å². The van der Waals surface area contributed by atoms with Gasteiger partial charge in [0.2, 0.25) is 5.91 Å². The van der Waals surface area contributed by atoms with E-state index in [1.54, 1.807) is 0 Å². The monoisotopic (exact) mass is 238 g/mol. The van der Waals surface area contributed by atoms with Crippen molar-refractivity contribution in [2.45, 2.75) is 46.6 Å². The van der Waals surface area contributed by atoms with Crippen LogP contribution in [0.2, 0.25) is 0 Å². The molecule has 0 bridgehead atoms. The van der Waals surface area contributed by atoms with Gasteiger partial charge in [0.25, 0.3) is 0 Å². The summed E-state index contributed by atoms with van der Waals surface area (Å²) in [6.07, 6.45) is 2.33. The number of nitrogens with zero attached hydrogens (tertiary/aromatic N) is 1. The van der Waals surface area contributed by atoms with Gasteiger partial charge in [-0.1, -0.05) is 27.7 Å². The Bertz CT molecular complexity index is 291. The quantitative estimate of drug-likeness (QED) is 0.756. The predicted octanol–water partition coefficient (Wildman–Crippen LogP) is 1.88. The molecule has 0 radical (unpaired) electrons. The van der Waals surface area contributed by atoms with Gasteiger partial charge in [-0.15, -0.1) is 0 Å². The molecule has 3 nitrogen and oxygen atoms in total. The van der Waals surface area contributed by atoms with Crippen molar-refractivity contribution in [1.82, 2.24) is 10.2 Å². The Morgan fingerprint density at radius 2 is 1.82 bits per heavy atom. The lowest BCUT2D eigenvalue weighted by atomic mass is 9.77.